The predicted molar refractivity (Wildman–Crippen MR) is 168 cm³/mol. The van der Waals surface area contributed by atoms with Crippen molar-refractivity contribution in [3.63, 3.8) is 0 Å². The zero-order chi connectivity index (χ0) is 29.4. The molecule has 0 aromatic heterocycles. The van der Waals surface area contributed by atoms with Crippen molar-refractivity contribution in [2.24, 2.45) is 0 Å². The molecule has 0 saturated heterocycles. The summed E-state index contributed by atoms with van der Waals surface area (Å²) < 4.78 is 0. The summed E-state index contributed by atoms with van der Waals surface area (Å²) >= 11 is 7.51. The quantitative estimate of drug-likeness (QED) is 0.141. The Morgan fingerprint density at radius 2 is 1.59 bits per heavy atom. The van der Waals surface area contributed by atoms with Crippen LogP contribution in [0.4, 0.5) is 11.4 Å². The van der Waals surface area contributed by atoms with Crippen molar-refractivity contribution in [1.82, 2.24) is 5.32 Å². The lowest BCUT2D eigenvalue weighted by molar-refractivity contribution is -0.115. The van der Waals surface area contributed by atoms with Crippen LogP contribution in [0.2, 0.25) is 5.02 Å². The lowest BCUT2D eigenvalue weighted by atomic mass is 10.1. The van der Waals surface area contributed by atoms with Gasteiger partial charge in [0.05, 0.1) is 5.25 Å². The zero-order valence-electron chi connectivity index (χ0n) is 22.9. The molecule has 4 aromatic carbocycles. The first kappa shape index (κ1) is 29.6. The number of amides is 3. The van der Waals surface area contributed by atoms with Crippen LogP contribution in [0.1, 0.15) is 34.0 Å². The fourth-order valence-corrected chi connectivity index (χ4v) is 5.04. The molecule has 1 atom stereocenters. The molecule has 0 spiro atoms. The molecule has 8 heteroatoms. The summed E-state index contributed by atoms with van der Waals surface area (Å²) in [6.07, 6.45) is 1.57. The number of hydrogen-bond donors (Lipinski definition) is 3. The molecule has 41 heavy (non-hydrogen) atoms. The number of carbonyl (C=O) groups is 3. The average molecular weight is 584 g/mol. The van der Waals surface area contributed by atoms with E-state index in [1.165, 1.54) is 11.8 Å². The van der Waals surface area contributed by atoms with Crippen LogP contribution in [-0.4, -0.2) is 23.0 Å². The average Bonchev–Trinajstić information content (AvgIpc) is 2.95. The van der Waals surface area contributed by atoms with Crippen molar-refractivity contribution in [1.29, 1.82) is 0 Å². The largest absolute Gasteiger partial charge is 0.325 e. The van der Waals surface area contributed by atoms with Gasteiger partial charge in [-0.2, -0.15) is 0 Å². The molecule has 0 aliphatic carbocycles. The summed E-state index contributed by atoms with van der Waals surface area (Å²) in [6, 6.07) is 28.8. The van der Waals surface area contributed by atoms with Gasteiger partial charge in [-0.25, -0.2) is 0 Å². The summed E-state index contributed by atoms with van der Waals surface area (Å²) in [7, 11) is 0. The van der Waals surface area contributed by atoms with Crippen LogP contribution in [0.25, 0.3) is 6.08 Å². The fourth-order valence-electron chi connectivity index (χ4n) is 3.91. The van der Waals surface area contributed by atoms with Crippen LogP contribution in [-0.2, 0) is 9.59 Å². The van der Waals surface area contributed by atoms with Crippen molar-refractivity contribution in [3.05, 3.63) is 130 Å². The molecule has 3 N–H and O–H groups in total. The molecule has 0 aliphatic rings. The van der Waals surface area contributed by atoms with Crippen LogP contribution in [0.5, 0.6) is 0 Å². The van der Waals surface area contributed by atoms with Gasteiger partial charge in [0.15, 0.2) is 0 Å². The lowest BCUT2D eigenvalue weighted by Gasteiger charge is -2.15. The monoisotopic (exact) mass is 583 g/mol. The number of anilines is 2. The maximum Gasteiger partial charge on any atom is 0.272 e. The third-order valence-corrected chi connectivity index (χ3v) is 7.44. The standard InChI is InChI=1S/C33H30ClN3O3S/c1-21-15-16-22(2)29(17-21)36-31(38)23(3)41-28-14-8-13-27(20-28)35-33(40)30(19-24-9-7-12-26(34)18-24)37-32(39)25-10-5-4-6-11-25/h4-20,23H,1-3H3,(H,35,40)(H,36,38)(H,37,39)/b30-19-. The number of nitrogens with one attached hydrogen (secondary N) is 3. The Morgan fingerprint density at radius 3 is 2.34 bits per heavy atom. The molecule has 0 bridgehead atoms. The van der Waals surface area contributed by atoms with Crippen LogP contribution in [0, 0.1) is 13.8 Å². The second-order valence-electron chi connectivity index (χ2n) is 9.48. The van der Waals surface area contributed by atoms with Gasteiger partial charge < -0.3 is 16.0 Å². The van der Waals surface area contributed by atoms with Gasteiger partial charge in [-0.05, 0) is 92.1 Å². The van der Waals surface area contributed by atoms with E-state index in [4.69, 9.17) is 11.6 Å². The number of rotatable bonds is 9. The predicted octanol–water partition coefficient (Wildman–Crippen LogP) is 7.49. The van der Waals surface area contributed by atoms with Crippen molar-refractivity contribution in [3.8, 4) is 0 Å². The normalized spacial score (nSPS) is 11.9. The Morgan fingerprint density at radius 1 is 0.829 bits per heavy atom. The Labute approximate surface area is 249 Å². The molecule has 6 nitrogen and oxygen atoms in total. The van der Waals surface area contributed by atoms with Crippen molar-refractivity contribution < 1.29 is 14.4 Å². The minimum atomic E-state index is -0.503. The van der Waals surface area contributed by atoms with Gasteiger partial charge in [-0.3, -0.25) is 14.4 Å². The topological polar surface area (TPSA) is 87.3 Å². The van der Waals surface area contributed by atoms with E-state index >= 15 is 0 Å². The Balaban J connectivity index is 1.48. The van der Waals surface area contributed by atoms with Gasteiger partial charge in [-0.1, -0.05) is 60.1 Å². The Bertz CT molecular complexity index is 1600. The highest BCUT2D eigenvalue weighted by atomic mass is 35.5. The van der Waals surface area contributed by atoms with Crippen LogP contribution in [0.3, 0.4) is 0 Å². The van der Waals surface area contributed by atoms with E-state index in [0.29, 0.717) is 21.8 Å². The number of carbonyl (C=O) groups excluding carboxylic acids is 3. The van der Waals surface area contributed by atoms with Crippen LogP contribution < -0.4 is 16.0 Å². The third-order valence-electron chi connectivity index (χ3n) is 6.11. The number of halogens is 1. The molecule has 208 valence electrons. The Kier molecular flexibility index (Phi) is 10.0. The first-order valence-corrected chi connectivity index (χ1v) is 14.2. The molecular weight excluding hydrogens is 554 g/mol. The first-order valence-electron chi connectivity index (χ1n) is 13.0. The second kappa shape index (κ2) is 13.8. The SMILES string of the molecule is Cc1ccc(C)c(NC(=O)C(C)Sc2cccc(NC(=O)/C(=C/c3cccc(Cl)c3)NC(=O)c3ccccc3)c2)c1. The molecule has 0 heterocycles. The lowest BCUT2D eigenvalue weighted by Crippen LogP contribution is -2.30. The smallest absolute Gasteiger partial charge is 0.272 e. The van der Waals surface area contributed by atoms with E-state index in [0.717, 1.165) is 21.7 Å². The summed E-state index contributed by atoms with van der Waals surface area (Å²) in [6.45, 7) is 5.77. The van der Waals surface area contributed by atoms with E-state index in [-0.39, 0.29) is 16.9 Å². The van der Waals surface area contributed by atoms with Gasteiger partial charge in [0.25, 0.3) is 11.8 Å². The number of benzene rings is 4. The first-order chi connectivity index (χ1) is 19.7. The van der Waals surface area contributed by atoms with Gasteiger partial charge in [0, 0.05) is 26.9 Å². The summed E-state index contributed by atoms with van der Waals surface area (Å²) in [5, 5.41) is 8.71. The highest BCUT2D eigenvalue weighted by Crippen LogP contribution is 2.27. The van der Waals surface area contributed by atoms with E-state index < -0.39 is 11.8 Å². The Hall–Kier alpha value is -4.33. The van der Waals surface area contributed by atoms with Gasteiger partial charge in [-0.15, -0.1) is 11.8 Å². The van der Waals surface area contributed by atoms with Crippen molar-refractivity contribution in [2.45, 2.75) is 30.9 Å². The molecule has 0 fully saturated rings. The highest BCUT2D eigenvalue weighted by Gasteiger charge is 2.18. The number of thioether (sulfide) groups is 1. The van der Waals surface area contributed by atoms with Crippen LogP contribution >= 0.6 is 23.4 Å². The third kappa shape index (κ3) is 8.58. The molecule has 1 unspecified atom stereocenters. The maximum atomic E-state index is 13.4. The second-order valence-corrected chi connectivity index (χ2v) is 11.3. The molecule has 3 amide bonds. The van der Waals surface area contributed by atoms with E-state index in [9.17, 15) is 14.4 Å². The van der Waals surface area contributed by atoms with E-state index in [1.54, 1.807) is 72.8 Å². The fraction of sp³-hybridized carbons (Fsp3) is 0.121. The molecule has 4 rings (SSSR count). The summed E-state index contributed by atoms with van der Waals surface area (Å²) in [5.41, 5.74) is 4.51. The van der Waals surface area contributed by atoms with E-state index in [1.807, 2.05) is 51.1 Å². The highest BCUT2D eigenvalue weighted by molar-refractivity contribution is 8.00. The maximum absolute atomic E-state index is 13.4. The number of aryl methyl sites for hydroxylation is 2. The van der Waals surface area contributed by atoms with Gasteiger partial charge in [0.2, 0.25) is 5.91 Å². The van der Waals surface area contributed by atoms with E-state index in [2.05, 4.69) is 16.0 Å². The molecule has 0 saturated carbocycles. The van der Waals surface area contributed by atoms with Crippen molar-refractivity contribution in [2.75, 3.05) is 10.6 Å². The molecular formula is C33H30ClN3O3S. The zero-order valence-corrected chi connectivity index (χ0v) is 24.5. The van der Waals surface area contributed by atoms with Crippen LogP contribution in [0.15, 0.2) is 108 Å². The van der Waals surface area contributed by atoms with Gasteiger partial charge >= 0.3 is 0 Å². The summed E-state index contributed by atoms with van der Waals surface area (Å²) in [4.78, 5) is 40.0. The number of hydrogen-bond acceptors (Lipinski definition) is 4. The molecule has 4 aromatic rings. The van der Waals surface area contributed by atoms with Crippen molar-refractivity contribution >= 4 is 58.5 Å². The minimum absolute atomic E-state index is 0.0560. The molecule has 0 aliphatic heterocycles. The summed E-state index contributed by atoms with van der Waals surface area (Å²) in [5.74, 6) is -1.03. The molecule has 0 radical (unpaired) electrons. The minimum Gasteiger partial charge on any atom is -0.325 e. The van der Waals surface area contributed by atoms with Gasteiger partial charge in [0.1, 0.15) is 5.70 Å².